The molecule has 2 aromatic rings. The van der Waals surface area contributed by atoms with Crippen LogP contribution in [0, 0.1) is 0 Å². The number of amides is 4. The van der Waals surface area contributed by atoms with E-state index in [1.165, 1.54) is 27.9 Å². The first-order valence-corrected chi connectivity index (χ1v) is 13.0. The van der Waals surface area contributed by atoms with Crippen molar-refractivity contribution in [3.05, 3.63) is 36.0 Å². The van der Waals surface area contributed by atoms with Gasteiger partial charge >= 0.3 is 12.1 Å². The van der Waals surface area contributed by atoms with Gasteiger partial charge in [0.15, 0.2) is 6.61 Å². The molecule has 1 saturated heterocycles. The second-order valence-corrected chi connectivity index (χ2v) is 9.25. The molecule has 0 saturated carbocycles. The van der Waals surface area contributed by atoms with Crippen molar-refractivity contribution >= 4 is 40.7 Å². The Hall–Kier alpha value is -4.42. The second kappa shape index (κ2) is 14.1. The number of nitrogens with one attached hydrogen (secondary N) is 1. The third kappa shape index (κ3) is 7.80. The molecule has 13 nitrogen and oxygen atoms in total. The average Bonchev–Trinajstić information content (AvgIpc) is 2.97. The van der Waals surface area contributed by atoms with Gasteiger partial charge in [0.1, 0.15) is 17.5 Å². The maximum Gasteiger partial charge on any atom is 0.409 e. The van der Waals surface area contributed by atoms with Crippen LogP contribution in [0.15, 0.2) is 30.3 Å². The smallest absolute Gasteiger partial charge is 0.409 e. The molecular weight excluding hydrogens is 522 g/mol. The molecule has 0 bridgehead atoms. The molecule has 1 unspecified atom stereocenters. The monoisotopic (exact) mass is 557 g/mol. The fraction of sp³-hybridized carbons (Fsp3) is 0.481. The number of hydrogen-bond donors (Lipinski definition) is 1. The van der Waals surface area contributed by atoms with Crippen LogP contribution in [0.1, 0.15) is 30.3 Å². The Morgan fingerprint density at radius 1 is 1.05 bits per heavy atom. The van der Waals surface area contributed by atoms with Crippen molar-refractivity contribution in [1.29, 1.82) is 0 Å². The Morgan fingerprint density at radius 2 is 1.73 bits per heavy atom. The fourth-order valence-electron chi connectivity index (χ4n) is 4.05. The van der Waals surface area contributed by atoms with Gasteiger partial charge in [-0.3, -0.25) is 19.2 Å². The molecule has 0 aliphatic carbocycles. The zero-order valence-corrected chi connectivity index (χ0v) is 23.2. The van der Waals surface area contributed by atoms with E-state index in [0.29, 0.717) is 16.7 Å². The number of hydrogen-bond acceptors (Lipinski definition) is 9. The Morgan fingerprint density at radius 3 is 2.38 bits per heavy atom. The Labute approximate surface area is 232 Å². The van der Waals surface area contributed by atoms with Gasteiger partial charge in [0.2, 0.25) is 5.91 Å². The number of aromatic nitrogens is 1. The number of para-hydroxylation sites is 1. The highest BCUT2D eigenvalue weighted by Crippen LogP contribution is 2.26. The lowest BCUT2D eigenvalue weighted by Crippen LogP contribution is -2.56. The molecule has 1 aromatic heterocycles. The van der Waals surface area contributed by atoms with Crippen LogP contribution in [-0.4, -0.2) is 116 Å². The summed E-state index contributed by atoms with van der Waals surface area (Å²) in [5.41, 5.74) is 0.448. The molecule has 1 atom stereocenters. The van der Waals surface area contributed by atoms with E-state index in [4.69, 9.17) is 14.2 Å². The first kappa shape index (κ1) is 30.1. The van der Waals surface area contributed by atoms with E-state index in [1.807, 2.05) is 0 Å². The lowest BCUT2D eigenvalue weighted by atomic mass is 10.1. The number of esters is 1. The van der Waals surface area contributed by atoms with Crippen molar-refractivity contribution in [3.8, 4) is 5.75 Å². The number of ether oxygens (including phenoxy) is 3. The number of carbonyl (C=O) groups is 5. The van der Waals surface area contributed by atoms with E-state index in [2.05, 4.69) is 10.3 Å². The van der Waals surface area contributed by atoms with E-state index in [1.54, 1.807) is 45.3 Å². The van der Waals surface area contributed by atoms with Gasteiger partial charge in [-0.1, -0.05) is 12.1 Å². The lowest BCUT2D eigenvalue weighted by Gasteiger charge is -2.36. The number of rotatable bonds is 10. The molecule has 1 aromatic carbocycles. The minimum atomic E-state index is -1.05. The largest absolute Gasteiger partial charge is 0.483 e. The number of nitrogens with zero attached hydrogens (tertiary/aromatic N) is 4. The zero-order valence-electron chi connectivity index (χ0n) is 23.2. The number of fused-ring (bicyclic) bond motifs is 1. The quantitative estimate of drug-likeness (QED) is 0.423. The molecular formula is C27H35N5O8. The number of methoxy groups -OCH3 is 1. The Balaban J connectivity index is 1.79. The van der Waals surface area contributed by atoms with Gasteiger partial charge in [-0.2, -0.15) is 0 Å². The van der Waals surface area contributed by atoms with Gasteiger partial charge in [-0.15, -0.1) is 0 Å². The maximum absolute atomic E-state index is 13.4. The first-order valence-electron chi connectivity index (χ1n) is 13.0. The summed E-state index contributed by atoms with van der Waals surface area (Å²) in [6, 6.07) is 7.38. The molecule has 13 heteroatoms. The van der Waals surface area contributed by atoms with Crippen molar-refractivity contribution < 1.29 is 38.2 Å². The summed E-state index contributed by atoms with van der Waals surface area (Å²) in [6.45, 7) is 2.78. The van der Waals surface area contributed by atoms with Crippen LogP contribution in [0.5, 0.6) is 5.75 Å². The summed E-state index contributed by atoms with van der Waals surface area (Å²) in [5, 5.41) is 3.32. The Bertz CT molecular complexity index is 1240. The maximum atomic E-state index is 13.4. The standard InChI is InChI=1S/C27H35N5O8/c1-5-39-27(37)32-14-12-31(13-15-32)26(36)20(10-11-24(34)38-4)29-25(35)21-16-22(40-17-23(33)30(2)3)18-8-6-7-9-19(18)28-21/h6-9,16,20H,5,10-15,17H2,1-4H3,(H,29,35). The van der Waals surface area contributed by atoms with E-state index in [-0.39, 0.29) is 63.8 Å². The minimum absolute atomic E-state index is 0.00358. The second-order valence-electron chi connectivity index (χ2n) is 9.25. The third-order valence-corrected chi connectivity index (χ3v) is 6.35. The predicted octanol–water partition coefficient (Wildman–Crippen LogP) is 1.05. The van der Waals surface area contributed by atoms with Gasteiger partial charge in [0.25, 0.3) is 11.8 Å². The van der Waals surface area contributed by atoms with E-state index < -0.39 is 29.9 Å². The number of pyridine rings is 1. The average molecular weight is 558 g/mol. The molecule has 0 spiro atoms. The van der Waals surface area contributed by atoms with Crippen molar-refractivity contribution in [2.24, 2.45) is 0 Å². The van der Waals surface area contributed by atoms with Crippen molar-refractivity contribution in [1.82, 2.24) is 25.0 Å². The van der Waals surface area contributed by atoms with E-state index in [9.17, 15) is 24.0 Å². The summed E-state index contributed by atoms with van der Waals surface area (Å²) in [4.78, 5) is 71.6. The molecule has 4 amide bonds. The van der Waals surface area contributed by atoms with Crippen molar-refractivity contribution in [3.63, 3.8) is 0 Å². The molecule has 1 aliphatic rings. The first-order chi connectivity index (χ1) is 19.1. The normalized spacial score (nSPS) is 13.8. The molecule has 1 fully saturated rings. The summed E-state index contributed by atoms with van der Waals surface area (Å²) < 4.78 is 15.5. The van der Waals surface area contributed by atoms with E-state index in [0.717, 1.165) is 0 Å². The van der Waals surface area contributed by atoms with Crippen molar-refractivity contribution in [2.75, 3.05) is 60.6 Å². The Kier molecular flexibility index (Phi) is 10.6. The van der Waals surface area contributed by atoms with Crippen LogP contribution >= 0.6 is 0 Å². The van der Waals surface area contributed by atoms with Gasteiger partial charge in [0, 0.05) is 58.1 Å². The highest BCUT2D eigenvalue weighted by atomic mass is 16.6. The topological polar surface area (TPSA) is 148 Å². The molecule has 1 aliphatic heterocycles. The van der Waals surface area contributed by atoms with E-state index >= 15 is 0 Å². The summed E-state index contributed by atoms with van der Waals surface area (Å²) in [5.74, 6) is -1.54. The number of carbonyl (C=O) groups excluding carboxylic acids is 5. The lowest BCUT2D eigenvalue weighted by molar-refractivity contribution is -0.141. The van der Waals surface area contributed by atoms with Crippen molar-refractivity contribution in [2.45, 2.75) is 25.8 Å². The number of piperazine rings is 1. The minimum Gasteiger partial charge on any atom is -0.483 e. The molecule has 40 heavy (non-hydrogen) atoms. The van der Waals surface area contributed by atoms with Crippen LogP contribution in [-0.2, 0) is 23.9 Å². The predicted molar refractivity (Wildman–Crippen MR) is 144 cm³/mol. The molecule has 1 N–H and O–H groups in total. The van der Waals surface area contributed by atoms with Gasteiger partial charge < -0.3 is 34.2 Å². The van der Waals surface area contributed by atoms with Crippen LogP contribution < -0.4 is 10.1 Å². The fourth-order valence-corrected chi connectivity index (χ4v) is 4.05. The summed E-state index contributed by atoms with van der Waals surface area (Å²) in [7, 11) is 4.46. The SMILES string of the molecule is CCOC(=O)N1CCN(C(=O)C(CCC(=O)OC)NC(=O)c2cc(OCC(=O)N(C)C)c3ccccc3n2)CC1. The third-order valence-electron chi connectivity index (χ3n) is 6.35. The van der Waals surface area contributed by atoms with Crippen LogP contribution in [0.2, 0.25) is 0 Å². The number of benzene rings is 1. The summed E-state index contributed by atoms with van der Waals surface area (Å²) >= 11 is 0. The zero-order chi connectivity index (χ0) is 29.2. The van der Waals surface area contributed by atoms with Gasteiger partial charge in [-0.05, 0) is 25.5 Å². The molecule has 2 heterocycles. The highest BCUT2D eigenvalue weighted by molar-refractivity contribution is 5.99. The summed E-state index contributed by atoms with van der Waals surface area (Å²) in [6.07, 6.45) is -0.538. The molecule has 3 rings (SSSR count). The van der Waals surface area contributed by atoms with Gasteiger partial charge in [-0.25, -0.2) is 9.78 Å². The van der Waals surface area contributed by atoms with Gasteiger partial charge in [0.05, 0.1) is 19.2 Å². The van der Waals surface area contributed by atoms with Crippen LogP contribution in [0.3, 0.4) is 0 Å². The highest BCUT2D eigenvalue weighted by Gasteiger charge is 2.31. The molecule has 216 valence electrons. The van der Waals surface area contributed by atoms with Crippen LogP contribution in [0.4, 0.5) is 4.79 Å². The number of likely N-dealkylation sites (N-methyl/N-ethyl adjacent to an activating group) is 1. The molecule has 0 radical (unpaired) electrons. The van der Waals surface area contributed by atoms with Crippen LogP contribution in [0.25, 0.3) is 10.9 Å².